The molecule has 2 aromatic carbocycles. The van der Waals surface area contributed by atoms with E-state index in [0.717, 1.165) is 10.9 Å². The summed E-state index contributed by atoms with van der Waals surface area (Å²) in [6.45, 7) is 2.84. The molecule has 0 saturated carbocycles. The highest BCUT2D eigenvalue weighted by molar-refractivity contribution is 9.10. The van der Waals surface area contributed by atoms with Gasteiger partial charge in [-0.1, -0.05) is 47.1 Å². The highest BCUT2D eigenvalue weighted by atomic mass is 79.9. The predicted octanol–water partition coefficient (Wildman–Crippen LogP) is 5.32. The summed E-state index contributed by atoms with van der Waals surface area (Å²) in [6.07, 6.45) is 2.28. The number of fused-ring (bicyclic) bond motifs is 1. The van der Waals surface area contributed by atoms with Crippen LogP contribution in [0.25, 0.3) is 0 Å². The lowest BCUT2D eigenvalue weighted by Crippen LogP contribution is -2.26. The minimum absolute atomic E-state index is 0.150. The van der Waals surface area contributed by atoms with Gasteiger partial charge >= 0.3 is 0 Å². The van der Waals surface area contributed by atoms with E-state index in [4.69, 9.17) is 0 Å². The van der Waals surface area contributed by atoms with Gasteiger partial charge in [0.05, 0.1) is 0 Å². The first-order valence-electron chi connectivity index (χ1n) is 7.41. The third-order valence-corrected chi connectivity index (χ3v) is 4.83. The van der Waals surface area contributed by atoms with Gasteiger partial charge in [-0.2, -0.15) is 0 Å². The van der Waals surface area contributed by atoms with Gasteiger partial charge in [0.25, 0.3) is 0 Å². The van der Waals surface area contributed by atoms with Crippen molar-refractivity contribution in [2.45, 2.75) is 38.3 Å². The van der Waals surface area contributed by atoms with Crippen molar-refractivity contribution in [2.24, 2.45) is 0 Å². The van der Waals surface area contributed by atoms with Gasteiger partial charge in [0.15, 0.2) is 0 Å². The summed E-state index contributed by atoms with van der Waals surface area (Å²) in [5.41, 5.74) is 3.50. The second-order valence-electron chi connectivity index (χ2n) is 5.78. The van der Waals surface area contributed by atoms with Crippen LogP contribution in [0.4, 0.5) is 4.39 Å². The van der Waals surface area contributed by atoms with Gasteiger partial charge in [-0.25, -0.2) is 4.39 Å². The minimum atomic E-state index is -0.150. The maximum Gasteiger partial charge on any atom is 0.127 e. The maximum atomic E-state index is 13.8. The fraction of sp³-hybridized carbons (Fsp3) is 0.333. The molecule has 3 heteroatoms. The number of benzene rings is 2. The van der Waals surface area contributed by atoms with Gasteiger partial charge in [-0.05, 0) is 48.1 Å². The molecule has 1 nitrogen and oxygen atoms in total. The third-order valence-electron chi connectivity index (χ3n) is 4.34. The van der Waals surface area contributed by atoms with E-state index in [0.29, 0.717) is 24.1 Å². The predicted molar refractivity (Wildman–Crippen MR) is 87.8 cm³/mol. The molecule has 2 unspecified atom stereocenters. The molecule has 0 fully saturated rings. The molecule has 0 aromatic heterocycles. The van der Waals surface area contributed by atoms with E-state index in [1.54, 1.807) is 6.07 Å². The minimum Gasteiger partial charge on any atom is -0.306 e. The van der Waals surface area contributed by atoms with Crippen LogP contribution >= 0.6 is 15.9 Å². The van der Waals surface area contributed by atoms with Gasteiger partial charge in [0.2, 0.25) is 0 Å². The summed E-state index contributed by atoms with van der Waals surface area (Å²) in [7, 11) is 0. The van der Waals surface area contributed by atoms with Crippen molar-refractivity contribution in [1.82, 2.24) is 5.32 Å². The fourth-order valence-corrected chi connectivity index (χ4v) is 3.54. The SMILES string of the molecule is CC1CCC(NCc2cc(Br)ccc2F)c2ccccc21. The van der Waals surface area contributed by atoms with Crippen molar-refractivity contribution in [2.75, 3.05) is 0 Å². The monoisotopic (exact) mass is 347 g/mol. The van der Waals surface area contributed by atoms with Gasteiger partial charge in [-0.15, -0.1) is 0 Å². The molecule has 21 heavy (non-hydrogen) atoms. The molecule has 0 aliphatic heterocycles. The van der Waals surface area contributed by atoms with Crippen LogP contribution in [0.15, 0.2) is 46.9 Å². The van der Waals surface area contributed by atoms with E-state index in [1.807, 2.05) is 6.07 Å². The van der Waals surface area contributed by atoms with Crippen LogP contribution in [-0.4, -0.2) is 0 Å². The summed E-state index contributed by atoms with van der Waals surface area (Å²) in [4.78, 5) is 0. The molecule has 0 bridgehead atoms. The van der Waals surface area contributed by atoms with Crippen LogP contribution in [0.3, 0.4) is 0 Å². The van der Waals surface area contributed by atoms with Crippen molar-refractivity contribution in [1.29, 1.82) is 0 Å². The number of nitrogens with one attached hydrogen (secondary N) is 1. The molecule has 2 atom stereocenters. The first kappa shape index (κ1) is 14.7. The van der Waals surface area contributed by atoms with E-state index in [1.165, 1.54) is 23.6 Å². The molecular weight excluding hydrogens is 329 g/mol. The fourth-order valence-electron chi connectivity index (χ4n) is 3.13. The van der Waals surface area contributed by atoms with Gasteiger partial charge < -0.3 is 5.32 Å². The lowest BCUT2D eigenvalue weighted by Gasteiger charge is -2.30. The summed E-state index contributed by atoms with van der Waals surface area (Å²) >= 11 is 3.40. The van der Waals surface area contributed by atoms with Crippen LogP contribution in [0, 0.1) is 5.82 Å². The van der Waals surface area contributed by atoms with Crippen molar-refractivity contribution in [3.8, 4) is 0 Å². The number of hydrogen-bond donors (Lipinski definition) is 1. The van der Waals surface area contributed by atoms with Crippen molar-refractivity contribution in [3.05, 3.63) is 69.4 Å². The van der Waals surface area contributed by atoms with Crippen molar-refractivity contribution >= 4 is 15.9 Å². The Morgan fingerprint density at radius 3 is 2.71 bits per heavy atom. The topological polar surface area (TPSA) is 12.0 Å². The summed E-state index contributed by atoms with van der Waals surface area (Å²) in [5, 5.41) is 3.52. The Morgan fingerprint density at radius 2 is 1.90 bits per heavy atom. The van der Waals surface area contributed by atoms with E-state index < -0.39 is 0 Å². The molecule has 1 aliphatic rings. The Morgan fingerprint density at radius 1 is 1.14 bits per heavy atom. The lowest BCUT2D eigenvalue weighted by molar-refractivity contribution is 0.427. The zero-order chi connectivity index (χ0) is 14.8. The summed E-state index contributed by atoms with van der Waals surface area (Å²) in [5.74, 6) is 0.463. The Hall–Kier alpha value is -1.19. The maximum absolute atomic E-state index is 13.8. The van der Waals surface area contributed by atoms with Crippen LogP contribution in [-0.2, 0) is 6.54 Å². The van der Waals surface area contributed by atoms with Crippen LogP contribution < -0.4 is 5.32 Å². The standard InChI is InChI=1S/C18H19BrFN/c1-12-6-9-18(16-5-3-2-4-15(12)16)21-11-13-10-14(19)7-8-17(13)20/h2-5,7-8,10,12,18,21H,6,9,11H2,1H3. The molecule has 1 aliphatic carbocycles. The number of rotatable bonds is 3. The third kappa shape index (κ3) is 3.19. The van der Waals surface area contributed by atoms with E-state index in [9.17, 15) is 4.39 Å². The molecule has 0 heterocycles. The largest absolute Gasteiger partial charge is 0.306 e. The quantitative estimate of drug-likeness (QED) is 0.792. The normalized spacial score (nSPS) is 21.1. The Bertz CT molecular complexity index is 641. The molecule has 1 N–H and O–H groups in total. The summed E-state index contributed by atoms with van der Waals surface area (Å²) < 4.78 is 14.7. The van der Waals surface area contributed by atoms with Crippen LogP contribution in [0.1, 0.15) is 48.4 Å². The first-order valence-corrected chi connectivity index (χ1v) is 8.20. The second kappa shape index (κ2) is 6.29. The van der Waals surface area contributed by atoms with Gasteiger partial charge in [-0.3, -0.25) is 0 Å². The first-order chi connectivity index (χ1) is 10.1. The number of halogens is 2. The van der Waals surface area contributed by atoms with E-state index in [-0.39, 0.29) is 5.82 Å². The summed E-state index contributed by atoms with van der Waals surface area (Å²) in [6, 6.07) is 14.0. The van der Waals surface area contributed by atoms with Crippen molar-refractivity contribution in [3.63, 3.8) is 0 Å². The highest BCUT2D eigenvalue weighted by Crippen LogP contribution is 2.37. The molecular formula is C18H19BrFN. The molecule has 0 amide bonds. The van der Waals surface area contributed by atoms with E-state index >= 15 is 0 Å². The Balaban J connectivity index is 1.77. The molecule has 2 aromatic rings. The van der Waals surface area contributed by atoms with Crippen LogP contribution in [0.5, 0.6) is 0 Å². The van der Waals surface area contributed by atoms with E-state index in [2.05, 4.69) is 52.4 Å². The molecule has 3 rings (SSSR count). The van der Waals surface area contributed by atoms with Crippen molar-refractivity contribution < 1.29 is 4.39 Å². The zero-order valence-electron chi connectivity index (χ0n) is 12.1. The second-order valence-corrected chi connectivity index (χ2v) is 6.69. The zero-order valence-corrected chi connectivity index (χ0v) is 13.7. The Kier molecular flexibility index (Phi) is 4.41. The molecule has 0 saturated heterocycles. The number of hydrogen-bond acceptors (Lipinski definition) is 1. The van der Waals surface area contributed by atoms with Gasteiger partial charge in [0.1, 0.15) is 5.82 Å². The highest BCUT2D eigenvalue weighted by Gasteiger charge is 2.23. The Labute approximate surface area is 133 Å². The molecule has 0 spiro atoms. The average Bonchev–Trinajstić information content (AvgIpc) is 2.50. The average molecular weight is 348 g/mol. The lowest BCUT2D eigenvalue weighted by atomic mass is 9.81. The molecule has 0 radical (unpaired) electrons. The smallest absolute Gasteiger partial charge is 0.127 e. The van der Waals surface area contributed by atoms with Gasteiger partial charge in [0, 0.05) is 22.6 Å². The van der Waals surface area contributed by atoms with Crippen LogP contribution in [0.2, 0.25) is 0 Å². The molecule has 110 valence electrons.